The number of carbonyl (C=O) groups is 1. The average Bonchev–Trinajstić information content (AvgIpc) is 1.77. The number of piperidine rings is 1. The second-order valence-electron chi connectivity index (χ2n) is 2.04. The molecule has 1 aliphatic rings. The third-order valence-electron chi connectivity index (χ3n) is 1.27. The molecule has 1 amide bonds. The molecule has 0 spiro atoms. The van der Waals surface area contributed by atoms with Gasteiger partial charge >= 0.3 is 64.6 Å². The molecule has 0 saturated carbocycles. The summed E-state index contributed by atoms with van der Waals surface area (Å²) in [5.41, 5.74) is 0. The summed E-state index contributed by atoms with van der Waals surface area (Å²) in [4.78, 5) is 10.5. The van der Waals surface area contributed by atoms with Crippen molar-refractivity contribution in [3.8, 4) is 0 Å². The minimum atomic E-state index is 0.233. The Labute approximate surface area is 64.7 Å². The summed E-state index contributed by atoms with van der Waals surface area (Å²) >= 11 is 1.23. The molecule has 1 rings (SSSR count). The Bertz CT molecular complexity index is 94.6. The number of hydrogen-bond donors (Lipinski definition) is 1. The van der Waals surface area contributed by atoms with Gasteiger partial charge in [-0.05, 0) is 0 Å². The molecular weight excluding hydrogens is 297 g/mol. The second-order valence-corrected chi connectivity index (χ2v) is 5.21. The molecule has 1 fully saturated rings. The predicted octanol–water partition coefficient (Wildman–Crippen LogP) is -0.147. The Morgan fingerprint density at radius 3 is 2.88 bits per heavy atom. The number of amides is 1. The van der Waals surface area contributed by atoms with Gasteiger partial charge in [0.1, 0.15) is 0 Å². The van der Waals surface area contributed by atoms with Gasteiger partial charge in [0.05, 0.1) is 0 Å². The summed E-state index contributed by atoms with van der Waals surface area (Å²) in [6, 6.07) is 0. The van der Waals surface area contributed by atoms with Crippen LogP contribution in [0, 0.1) is 0 Å². The van der Waals surface area contributed by atoms with Gasteiger partial charge in [-0.25, -0.2) is 0 Å². The van der Waals surface area contributed by atoms with Gasteiger partial charge < -0.3 is 0 Å². The van der Waals surface area contributed by atoms with E-state index in [2.05, 4.69) is 5.32 Å². The first kappa shape index (κ1) is 6.51. The fourth-order valence-electron chi connectivity index (χ4n) is 0.733. The van der Waals surface area contributed by atoms with Crippen molar-refractivity contribution in [2.75, 3.05) is 6.54 Å². The molecule has 8 heavy (non-hydrogen) atoms. The SMILES string of the molecule is O=C1CC[CH]([Pb])CN1. The molecule has 1 saturated heterocycles. The molecule has 0 aromatic carbocycles. The Morgan fingerprint density at radius 1 is 1.75 bits per heavy atom. The Balaban J connectivity index is 2.29. The van der Waals surface area contributed by atoms with Crippen molar-refractivity contribution < 1.29 is 4.79 Å². The molecular formula is C5H8NOPb. The van der Waals surface area contributed by atoms with Crippen LogP contribution in [0.4, 0.5) is 0 Å². The van der Waals surface area contributed by atoms with Crippen molar-refractivity contribution in [1.29, 1.82) is 0 Å². The van der Waals surface area contributed by atoms with Crippen LogP contribution in [0.5, 0.6) is 0 Å². The van der Waals surface area contributed by atoms with Crippen LogP contribution in [0.25, 0.3) is 0 Å². The zero-order valence-corrected chi connectivity index (χ0v) is 8.49. The molecule has 1 heterocycles. The summed E-state index contributed by atoms with van der Waals surface area (Å²) in [7, 11) is 0. The summed E-state index contributed by atoms with van der Waals surface area (Å²) < 4.78 is 0.827. The van der Waals surface area contributed by atoms with Crippen LogP contribution in [-0.4, -0.2) is 38.2 Å². The second kappa shape index (κ2) is 2.80. The molecule has 3 heteroatoms. The molecule has 1 atom stereocenters. The van der Waals surface area contributed by atoms with Gasteiger partial charge in [0.15, 0.2) is 0 Å². The van der Waals surface area contributed by atoms with Gasteiger partial charge in [0.25, 0.3) is 0 Å². The van der Waals surface area contributed by atoms with Crippen LogP contribution < -0.4 is 5.32 Å². The van der Waals surface area contributed by atoms with E-state index in [9.17, 15) is 4.79 Å². The van der Waals surface area contributed by atoms with E-state index < -0.39 is 0 Å². The van der Waals surface area contributed by atoms with E-state index >= 15 is 0 Å². The predicted molar refractivity (Wildman–Crippen MR) is 31.7 cm³/mol. The summed E-state index contributed by atoms with van der Waals surface area (Å²) in [5.74, 6) is 0.233. The van der Waals surface area contributed by atoms with E-state index in [-0.39, 0.29) is 5.91 Å². The molecule has 0 bridgehead atoms. The van der Waals surface area contributed by atoms with Crippen LogP contribution in [0.1, 0.15) is 12.8 Å². The summed E-state index contributed by atoms with van der Waals surface area (Å²) in [5, 5.41) is 2.83. The van der Waals surface area contributed by atoms with Crippen molar-refractivity contribution in [2.45, 2.75) is 16.3 Å². The van der Waals surface area contributed by atoms with Crippen molar-refractivity contribution in [3.63, 3.8) is 0 Å². The zero-order chi connectivity index (χ0) is 5.98. The van der Waals surface area contributed by atoms with E-state index in [0.717, 1.165) is 22.9 Å². The van der Waals surface area contributed by atoms with Gasteiger partial charge in [-0.3, -0.25) is 0 Å². The van der Waals surface area contributed by atoms with E-state index in [4.69, 9.17) is 0 Å². The third-order valence-corrected chi connectivity index (χ3v) is 3.18. The monoisotopic (exact) mass is 306 g/mol. The first-order valence-corrected chi connectivity index (χ1v) is 5.01. The van der Waals surface area contributed by atoms with Crippen LogP contribution in [0.15, 0.2) is 0 Å². The van der Waals surface area contributed by atoms with Gasteiger partial charge in [-0.1, -0.05) is 0 Å². The standard InChI is InChI=1S/C5H8NO.Pb/c7-5-3-1-2-4-6-5;/h2H,1,3-4H2,(H,6,7);. The number of rotatable bonds is 0. The van der Waals surface area contributed by atoms with Crippen LogP contribution in [0.3, 0.4) is 0 Å². The minimum absolute atomic E-state index is 0.233. The normalized spacial score (nSPS) is 29.6. The van der Waals surface area contributed by atoms with Crippen molar-refractivity contribution in [1.82, 2.24) is 5.32 Å². The van der Waals surface area contributed by atoms with E-state index in [1.165, 1.54) is 25.8 Å². The molecule has 3 radical (unpaired) electrons. The summed E-state index contributed by atoms with van der Waals surface area (Å²) in [6.07, 6.45) is 1.88. The third kappa shape index (κ3) is 1.72. The van der Waals surface area contributed by atoms with Crippen molar-refractivity contribution >= 4 is 31.7 Å². The fourth-order valence-corrected chi connectivity index (χ4v) is 1.69. The quantitative estimate of drug-likeness (QED) is 0.620. The summed E-state index contributed by atoms with van der Waals surface area (Å²) in [6.45, 7) is 0.936. The van der Waals surface area contributed by atoms with Crippen molar-refractivity contribution in [3.05, 3.63) is 0 Å². The first-order chi connectivity index (χ1) is 3.79. The maximum atomic E-state index is 10.5. The van der Waals surface area contributed by atoms with E-state index in [1.54, 1.807) is 0 Å². The zero-order valence-electron chi connectivity index (χ0n) is 4.61. The fraction of sp³-hybridized carbons (Fsp3) is 0.800. The molecule has 1 aliphatic heterocycles. The van der Waals surface area contributed by atoms with E-state index in [0.29, 0.717) is 0 Å². The molecule has 0 aliphatic carbocycles. The maximum absolute atomic E-state index is 10.5. The van der Waals surface area contributed by atoms with Gasteiger partial charge in [-0.15, -0.1) is 0 Å². The topological polar surface area (TPSA) is 29.1 Å². The number of carbonyl (C=O) groups excluding carboxylic acids is 1. The first-order valence-electron chi connectivity index (χ1n) is 2.77. The van der Waals surface area contributed by atoms with Crippen LogP contribution in [-0.2, 0) is 4.79 Å². The van der Waals surface area contributed by atoms with Crippen LogP contribution in [0.2, 0.25) is 3.48 Å². The molecule has 43 valence electrons. The molecule has 1 N–H and O–H groups in total. The molecule has 2 nitrogen and oxygen atoms in total. The van der Waals surface area contributed by atoms with Gasteiger partial charge in [-0.2, -0.15) is 0 Å². The van der Waals surface area contributed by atoms with Gasteiger partial charge in [0.2, 0.25) is 0 Å². The average molecular weight is 305 g/mol. The molecule has 1 unspecified atom stereocenters. The Kier molecular flexibility index (Phi) is 2.28. The van der Waals surface area contributed by atoms with Gasteiger partial charge in [0, 0.05) is 0 Å². The number of hydrogen-bond acceptors (Lipinski definition) is 1. The van der Waals surface area contributed by atoms with E-state index in [1.807, 2.05) is 0 Å². The van der Waals surface area contributed by atoms with Crippen molar-refractivity contribution in [2.24, 2.45) is 0 Å². The Morgan fingerprint density at radius 2 is 2.50 bits per heavy atom. The number of nitrogens with one attached hydrogen (secondary N) is 1. The Hall–Kier alpha value is 0.392. The molecule has 0 aromatic heterocycles. The van der Waals surface area contributed by atoms with Crippen LogP contribution >= 0.6 is 0 Å². The molecule has 0 aromatic rings.